The molecule has 0 bridgehead atoms. The Morgan fingerprint density at radius 2 is 2.06 bits per heavy atom. The van der Waals surface area contributed by atoms with Gasteiger partial charge in [0.1, 0.15) is 5.82 Å². The zero-order chi connectivity index (χ0) is 13.1. The van der Waals surface area contributed by atoms with Crippen LogP contribution in [0.4, 0.5) is 4.39 Å². The summed E-state index contributed by atoms with van der Waals surface area (Å²) in [5.41, 5.74) is 0.849. The lowest BCUT2D eigenvalue weighted by Crippen LogP contribution is -2.36. The van der Waals surface area contributed by atoms with Crippen LogP contribution in [-0.4, -0.2) is 13.6 Å². The Morgan fingerprint density at radius 3 is 2.59 bits per heavy atom. The Kier molecular flexibility index (Phi) is 5.14. The van der Waals surface area contributed by atoms with E-state index in [4.69, 9.17) is 0 Å². The van der Waals surface area contributed by atoms with Crippen LogP contribution in [0.2, 0.25) is 0 Å². The fourth-order valence-corrected chi connectivity index (χ4v) is 2.40. The van der Waals surface area contributed by atoms with Crippen molar-refractivity contribution in [3.05, 3.63) is 34.1 Å². The molecule has 1 rings (SSSR count). The maximum absolute atomic E-state index is 13.8. The molecule has 0 radical (unpaired) electrons. The van der Waals surface area contributed by atoms with Crippen LogP contribution >= 0.6 is 15.9 Å². The predicted octanol–water partition coefficient (Wildman–Crippen LogP) is 4.01. The summed E-state index contributed by atoms with van der Waals surface area (Å²) in [5, 5.41) is 3.21. The molecule has 1 N–H and O–H groups in total. The van der Waals surface area contributed by atoms with E-state index in [1.807, 2.05) is 13.1 Å². The molecule has 0 aromatic heterocycles. The minimum Gasteiger partial charge on any atom is -0.319 e. The van der Waals surface area contributed by atoms with E-state index in [1.54, 1.807) is 6.07 Å². The molecule has 0 aliphatic rings. The van der Waals surface area contributed by atoms with Gasteiger partial charge in [-0.2, -0.15) is 0 Å². The first-order chi connectivity index (χ1) is 7.89. The lowest BCUT2D eigenvalue weighted by Gasteiger charge is -2.34. The first kappa shape index (κ1) is 14.7. The molecule has 0 fully saturated rings. The molecule has 0 heterocycles. The summed E-state index contributed by atoms with van der Waals surface area (Å²) < 4.78 is 14.7. The van der Waals surface area contributed by atoms with Gasteiger partial charge in [-0.25, -0.2) is 4.39 Å². The zero-order valence-corrected chi connectivity index (χ0v) is 12.6. The van der Waals surface area contributed by atoms with Crippen LogP contribution in [0.3, 0.4) is 0 Å². The predicted molar refractivity (Wildman–Crippen MR) is 74.7 cm³/mol. The second-order valence-corrected chi connectivity index (χ2v) is 6.17. The number of benzene rings is 1. The van der Waals surface area contributed by atoms with Gasteiger partial charge in [-0.1, -0.05) is 36.7 Å². The largest absolute Gasteiger partial charge is 0.319 e. The van der Waals surface area contributed by atoms with Gasteiger partial charge >= 0.3 is 0 Å². The fraction of sp³-hybridized carbons (Fsp3) is 0.571. The van der Waals surface area contributed by atoms with Crippen LogP contribution in [0.1, 0.15) is 26.3 Å². The van der Waals surface area contributed by atoms with E-state index < -0.39 is 0 Å². The highest BCUT2D eigenvalue weighted by atomic mass is 79.9. The highest BCUT2D eigenvalue weighted by Crippen LogP contribution is 2.32. The van der Waals surface area contributed by atoms with Gasteiger partial charge in [0.05, 0.1) is 0 Å². The van der Waals surface area contributed by atoms with Crippen LogP contribution in [-0.2, 0) is 6.42 Å². The summed E-state index contributed by atoms with van der Waals surface area (Å²) in [7, 11) is 1.94. The van der Waals surface area contributed by atoms with Gasteiger partial charge in [-0.3, -0.25) is 0 Å². The van der Waals surface area contributed by atoms with Crippen LogP contribution in [0.25, 0.3) is 0 Å². The topological polar surface area (TPSA) is 12.0 Å². The molecule has 1 aromatic carbocycles. The minimum absolute atomic E-state index is 0.0659. The Hall–Kier alpha value is -0.410. The highest BCUT2D eigenvalue weighted by molar-refractivity contribution is 9.10. The average Bonchev–Trinajstić information content (AvgIpc) is 2.23. The third kappa shape index (κ3) is 3.78. The summed E-state index contributed by atoms with van der Waals surface area (Å²) in [6.07, 6.45) is 0.747. The van der Waals surface area contributed by atoms with E-state index in [0.717, 1.165) is 23.0 Å². The zero-order valence-electron chi connectivity index (χ0n) is 11.0. The van der Waals surface area contributed by atoms with E-state index in [2.05, 4.69) is 42.0 Å². The maximum Gasteiger partial charge on any atom is 0.126 e. The van der Waals surface area contributed by atoms with E-state index in [9.17, 15) is 4.39 Å². The van der Waals surface area contributed by atoms with Crippen LogP contribution in [0.5, 0.6) is 0 Å². The number of halogens is 2. The summed E-state index contributed by atoms with van der Waals surface area (Å²) in [6.45, 7) is 7.46. The van der Waals surface area contributed by atoms with Crippen LogP contribution in [0, 0.1) is 17.2 Å². The summed E-state index contributed by atoms with van der Waals surface area (Å²) in [5.74, 6) is 0.379. The quantitative estimate of drug-likeness (QED) is 0.866. The number of hydrogen-bond donors (Lipinski definition) is 1. The Bertz CT molecular complexity index is 378. The molecule has 0 aliphatic heterocycles. The van der Waals surface area contributed by atoms with Crippen molar-refractivity contribution < 1.29 is 4.39 Å². The number of hydrogen-bond acceptors (Lipinski definition) is 1. The molecular weight excluding hydrogens is 281 g/mol. The summed E-state index contributed by atoms with van der Waals surface area (Å²) in [4.78, 5) is 0. The Morgan fingerprint density at radius 1 is 1.41 bits per heavy atom. The van der Waals surface area contributed by atoms with Gasteiger partial charge in [-0.05, 0) is 48.6 Å². The van der Waals surface area contributed by atoms with Crippen molar-refractivity contribution in [2.75, 3.05) is 13.6 Å². The number of rotatable bonds is 5. The molecule has 0 spiro atoms. The van der Waals surface area contributed by atoms with Crippen LogP contribution < -0.4 is 5.32 Å². The normalized spacial score (nSPS) is 15.0. The first-order valence-corrected chi connectivity index (χ1v) is 6.77. The lowest BCUT2D eigenvalue weighted by atomic mass is 9.74. The molecular formula is C14H21BrFN. The smallest absolute Gasteiger partial charge is 0.126 e. The molecule has 17 heavy (non-hydrogen) atoms. The molecule has 0 amide bonds. The SMILES string of the molecule is CNCC(C)(Cc1cc(Br)ccc1F)C(C)C. The van der Waals surface area contributed by atoms with Gasteiger partial charge < -0.3 is 5.32 Å². The monoisotopic (exact) mass is 301 g/mol. The fourth-order valence-electron chi connectivity index (χ4n) is 1.99. The Balaban J connectivity index is 2.97. The van der Waals surface area contributed by atoms with Crippen molar-refractivity contribution in [3.8, 4) is 0 Å². The van der Waals surface area contributed by atoms with Crippen molar-refractivity contribution in [1.82, 2.24) is 5.32 Å². The van der Waals surface area contributed by atoms with Crippen molar-refractivity contribution in [1.29, 1.82) is 0 Å². The van der Waals surface area contributed by atoms with Crippen molar-refractivity contribution >= 4 is 15.9 Å². The maximum atomic E-state index is 13.8. The second-order valence-electron chi connectivity index (χ2n) is 5.25. The Labute approximate surface area is 112 Å². The van der Waals surface area contributed by atoms with Gasteiger partial charge in [-0.15, -0.1) is 0 Å². The molecule has 0 saturated carbocycles. The van der Waals surface area contributed by atoms with Crippen molar-refractivity contribution in [2.24, 2.45) is 11.3 Å². The molecule has 96 valence electrons. The third-order valence-corrected chi connectivity index (χ3v) is 4.07. The molecule has 0 saturated heterocycles. The summed E-state index contributed by atoms with van der Waals surface area (Å²) >= 11 is 3.40. The standard InChI is InChI=1S/C14H21BrFN/c1-10(2)14(3,9-17-4)8-11-7-12(15)5-6-13(11)16/h5-7,10,17H,8-9H2,1-4H3. The van der Waals surface area contributed by atoms with Gasteiger partial charge in [0.15, 0.2) is 0 Å². The summed E-state index contributed by atoms with van der Waals surface area (Å²) in [6, 6.07) is 5.15. The van der Waals surface area contributed by atoms with E-state index in [-0.39, 0.29) is 11.2 Å². The molecule has 1 nitrogen and oxygen atoms in total. The third-order valence-electron chi connectivity index (χ3n) is 3.58. The first-order valence-electron chi connectivity index (χ1n) is 5.97. The molecule has 0 aliphatic carbocycles. The number of nitrogens with one attached hydrogen (secondary N) is 1. The van der Waals surface area contributed by atoms with Gasteiger partial charge in [0.2, 0.25) is 0 Å². The lowest BCUT2D eigenvalue weighted by molar-refractivity contribution is 0.210. The van der Waals surface area contributed by atoms with E-state index in [1.165, 1.54) is 6.07 Å². The molecule has 3 heteroatoms. The van der Waals surface area contributed by atoms with Gasteiger partial charge in [0.25, 0.3) is 0 Å². The second kappa shape index (κ2) is 5.96. The van der Waals surface area contributed by atoms with E-state index >= 15 is 0 Å². The van der Waals surface area contributed by atoms with Crippen molar-refractivity contribution in [2.45, 2.75) is 27.2 Å². The van der Waals surface area contributed by atoms with Gasteiger partial charge in [0, 0.05) is 11.0 Å². The van der Waals surface area contributed by atoms with E-state index in [0.29, 0.717) is 5.92 Å². The molecule has 1 atom stereocenters. The van der Waals surface area contributed by atoms with Crippen LogP contribution in [0.15, 0.2) is 22.7 Å². The molecule has 1 aromatic rings. The molecule has 1 unspecified atom stereocenters. The minimum atomic E-state index is -0.115. The highest BCUT2D eigenvalue weighted by Gasteiger charge is 2.28. The average molecular weight is 302 g/mol. The van der Waals surface area contributed by atoms with Crippen molar-refractivity contribution in [3.63, 3.8) is 0 Å².